The van der Waals surface area contributed by atoms with E-state index >= 15 is 0 Å². The molecule has 3 aromatic rings. The first-order valence-corrected chi connectivity index (χ1v) is 14.2. The van der Waals surface area contributed by atoms with Crippen LogP contribution in [0.3, 0.4) is 0 Å². The highest BCUT2D eigenvalue weighted by molar-refractivity contribution is 7.92. The smallest absolute Gasteiger partial charge is 0.264 e. The van der Waals surface area contributed by atoms with E-state index in [0.717, 1.165) is 21.0 Å². The highest BCUT2D eigenvalue weighted by atomic mass is 35.5. The minimum Gasteiger partial charge on any atom is -0.355 e. The summed E-state index contributed by atoms with van der Waals surface area (Å²) in [5.74, 6) is -0.834. The summed E-state index contributed by atoms with van der Waals surface area (Å²) in [4.78, 5) is 28.1. The van der Waals surface area contributed by atoms with Gasteiger partial charge in [-0.05, 0) is 70.0 Å². The molecule has 0 saturated heterocycles. The molecule has 3 rings (SSSR count). The molecule has 38 heavy (non-hydrogen) atoms. The minimum absolute atomic E-state index is 0.0529. The van der Waals surface area contributed by atoms with Gasteiger partial charge >= 0.3 is 0 Å². The van der Waals surface area contributed by atoms with Crippen molar-refractivity contribution < 1.29 is 18.0 Å². The molecule has 0 aliphatic heterocycles. The Morgan fingerprint density at radius 3 is 2.08 bits per heavy atom. The molecule has 202 valence electrons. The van der Waals surface area contributed by atoms with Crippen molar-refractivity contribution >= 4 is 39.1 Å². The summed E-state index contributed by atoms with van der Waals surface area (Å²) in [6.07, 6.45) is 0. The van der Waals surface area contributed by atoms with Crippen LogP contribution in [0.4, 0.5) is 5.69 Å². The Balaban J connectivity index is 2.07. The largest absolute Gasteiger partial charge is 0.355 e. The lowest BCUT2D eigenvalue weighted by molar-refractivity contribution is -0.139. The van der Waals surface area contributed by atoms with E-state index in [1.54, 1.807) is 45.0 Å². The highest BCUT2D eigenvalue weighted by Gasteiger charge is 2.33. The molecule has 1 atom stereocenters. The molecule has 0 aliphatic carbocycles. The van der Waals surface area contributed by atoms with Crippen LogP contribution in [0.2, 0.25) is 5.02 Å². The lowest BCUT2D eigenvalue weighted by Gasteiger charge is -2.32. The van der Waals surface area contributed by atoms with Gasteiger partial charge in [-0.3, -0.25) is 13.9 Å². The summed E-state index contributed by atoms with van der Waals surface area (Å²) in [6, 6.07) is 18.2. The van der Waals surface area contributed by atoms with Gasteiger partial charge in [-0.2, -0.15) is 0 Å². The summed E-state index contributed by atoms with van der Waals surface area (Å²) in [7, 11) is -4.15. The predicted octanol–water partition coefficient (Wildman–Crippen LogP) is 5.01. The number of likely N-dealkylation sites (N-methyl/N-ethyl adjacent to an activating group) is 1. The maximum absolute atomic E-state index is 13.9. The van der Waals surface area contributed by atoms with Crippen molar-refractivity contribution in [2.24, 2.45) is 0 Å². The van der Waals surface area contributed by atoms with E-state index in [1.807, 2.05) is 38.1 Å². The molecule has 3 aromatic carbocycles. The summed E-state index contributed by atoms with van der Waals surface area (Å²) >= 11 is 6.25. The second-order valence-electron chi connectivity index (χ2n) is 9.33. The zero-order valence-corrected chi connectivity index (χ0v) is 23.9. The van der Waals surface area contributed by atoms with Crippen molar-refractivity contribution in [1.82, 2.24) is 10.2 Å². The summed E-state index contributed by atoms with van der Waals surface area (Å²) in [5, 5.41) is 3.10. The quantitative estimate of drug-likeness (QED) is 0.381. The molecule has 0 spiro atoms. The molecule has 2 amide bonds. The number of amides is 2. The van der Waals surface area contributed by atoms with E-state index in [1.165, 1.54) is 23.1 Å². The number of carbonyl (C=O) groups excluding carboxylic acids is 2. The molecule has 0 bridgehead atoms. The zero-order chi connectivity index (χ0) is 28.0. The normalized spacial score (nSPS) is 12.1. The first kappa shape index (κ1) is 29.2. The fraction of sp³-hybridized carbons (Fsp3) is 0.310. The number of nitrogens with one attached hydrogen (secondary N) is 1. The number of hydrogen-bond donors (Lipinski definition) is 1. The molecule has 0 radical (unpaired) electrons. The van der Waals surface area contributed by atoms with Gasteiger partial charge in [0.15, 0.2) is 0 Å². The topological polar surface area (TPSA) is 86.8 Å². The van der Waals surface area contributed by atoms with Gasteiger partial charge in [0.2, 0.25) is 11.8 Å². The molecule has 0 saturated carbocycles. The highest BCUT2D eigenvalue weighted by Crippen LogP contribution is 2.30. The van der Waals surface area contributed by atoms with Crippen LogP contribution in [-0.4, -0.2) is 44.3 Å². The average molecular weight is 556 g/mol. The summed E-state index contributed by atoms with van der Waals surface area (Å²) < 4.78 is 28.9. The van der Waals surface area contributed by atoms with Crippen LogP contribution < -0.4 is 9.62 Å². The minimum atomic E-state index is -4.15. The molecule has 0 aliphatic rings. The van der Waals surface area contributed by atoms with Gasteiger partial charge in [0.05, 0.1) is 10.6 Å². The van der Waals surface area contributed by atoms with E-state index in [-0.39, 0.29) is 17.3 Å². The van der Waals surface area contributed by atoms with Gasteiger partial charge in [0, 0.05) is 18.1 Å². The Morgan fingerprint density at radius 2 is 1.50 bits per heavy atom. The van der Waals surface area contributed by atoms with Crippen molar-refractivity contribution in [1.29, 1.82) is 0 Å². The zero-order valence-electron chi connectivity index (χ0n) is 22.4. The number of rotatable bonds is 10. The average Bonchev–Trinajstić information content (AvgIpc) is 2.88. The molecule has 1 unspecified atom stereocenters. The molecule has 0 fully saturated rings. The number of hydrogen-bond acceptors (Lipinski definition) is 4. The Labute approximate surface area is 230 Å². The standard InChI is InChI=1S/C29H34ClN3O4S/c1-6-31-29(35)23(5)32(18-24-12-7-20(2)8-13-24)28(34)19-33(27-17-25(30)14-11-22(27)4)38(36,37)26-15-9-21(3)10-16-26/h7-17,23H,6,18-19H2,1-5H3,(H,31,35). The van der Waals surface area contributed by atoms with E-state index in [4.69, 9.17) is 11.6 Å². The van der Waals surface area contributed by atoms with Crippen LogP contribution in [0, 0.1) is 20.8 Å². The Morgan fingerprint density at radius 1 is 0.921 bits per heavy atom. The fourth-order valence-corrected chi connectivity index (χ4v) is 5.63. The maximum Gasteiger partial charge on any atom is 0.264 e. The lowest BCUT2D eigenvalue weighted by Crippen LogP contribution is -2.51. The SMILES string of the molecule is CCNC(=O)C(C)N(Cc1ccc(C)cc1)C(=O)CN(c1cc(Cl)ccc1C)S(=O)(=O)c1ccc(C)cc1. The lowest BCUT2D eigenvalue weighted by atomic mass is 10.1. The van der Waals surface area contributed by atoms with Gasteiger partial charge < -0.3 is 10.2 Å². The third kappa shape index (κ3) is 6.94. The Hall–Kier alpha value is -3.36. The number of nitrogens with zero attached hydrogens (tertiary/aromatic N) is 2. The van der Waals surface area contributed by atoms with Crippen LogP contribution in [0.15, 0.2) is 71.6 Å². The number of carbonyl (C=O) groups is 2. The van der Waals surface area contributed by atoms with Gasteiger partial charge in [0.25, 0.3) is 10.0 Å². The molecule has 0 aromatic heterocycles. The number of benzene rings is 3. The molecule has 7 nitrogen and oxygen atoms in total. The van der Waals surface area contributed by atoms with E-state index in [2.05, 4.69) is 5.32 Å². The molecular weight excluding hydrogens is 522 g/mol. The third-order valence-corrected chi connectivity index (χ3v) is 8.33. The first-order chi connectivity index (χ1) is 17.9. The van der Waals surface area contributed by atoms with E-state index in [9.17, 15) is 18.0 Å². The number of halogens is 1. The Kier molecular flexibility index (Phi) is 9.57. The van der Waals surface area contributed by atoms with E-state index < -0.39 is 28.5 Å². The van der Waals surface area contributed by atoms with Crippen LogP contribution in [0.5, 0.6) is 0 Å². The molecular formula is C29H34ClN3O4S. The molecule has 0 heterocycles. The van der Waals surface area contributed by atoms with Crippen LogP contribution in [-0.2, 0) is 26.2 Å². The van der Waals surface area contributed by atoms with Gasteiger partial charge in [-0.15, -0.1) is 0 Å². The van der Waals surface area contributed by atoms with Gasteiger partial charge in [-0.25, -0.2) is 8.42 Å². The molecule has 1 N–H and O–H groups in total. The summed E-state index contributed by atoms with van der Waals surface area (Å²) in [5.41, 5.74) is 3.74. The van der Waals surface area contributed by atoms with Crippen molar-refractivity contribution in [2.45, 2.75) is 52.1 Å². The molecule has 9 heteroatoms. The van der Waals surface area contributed by atoms with Gasteiger partial charge in [0.1, 0.15) is 12.6 Å². The Bertz CT molecular complexity index is 1390. The van der Waals surface area contributed by atoms with Crippen LogP contribution >= 0.6 is 11.6 Å². The van der Waals surface area contributed by atoms with E-state index in [0.29, 0.717) is 22.8 Å². The maximum atomic E-state index is 13.9. The first-order valence-electron chi connectivity index (χ1n) is 12.4. The second kappa shape index (κ2) is 12.5. The van der Waals surface area contributed by atoms with Crippen molar-refractivity contribution in [3.8, 4) is 0 Å². The van der Waals surface area contributed by atoms with Gasteiger partial charge in [-0.1, -0.05) is 65.2 Å². The van der Waals surface area contributed by atoms with Crippen molar-refractivity contribution in [3.63, 3.8) is 0 Å². The predicted molar refractivity (Wildman–Crippen MR) is 152 cm³/mol. The number of anilines is 1. The van der Waals surface area contributed by atoms with Crippen molar-refractivity contribution in [2.75, 3.05) is 17.4 Å². The second-order valence-corrected chi connectivity index (χ2v) is 11.6. The monoisotopic (exact) mass is 555 g/mol. The third-order valence-electron chi connectivity index (χ3n) is 6.32. The van der Waals surface area contributed by atoms with Crippen LogP contribution in [0.1, 0.15) is 36.1 Å². The number of sulfonamides is 1. The van der Waals surface area contributed by atoms with Crippen LogP contribution in [0.25, 0.3) is 0 Å². The fourth-order valence-electron chi connectivity index (χ4n) is 4.00. The van der Waals surface area contributed by atoms with Crippen molar-refractivity contribution in [3.05, 3.63) is 94.0 Å². The number of aryl methyl sites for hydroxylation is 3. The summed E-state index contributed by atoms with van der Waals surface area (Å²) in [6.45, 7) is 9.07.